The normalized spacial score (nSPS) is 12.8. The van der Waals surface area contributed by atoms with E-state index in [1.54, 1.807) is 0 Å². The molecule has 0 aliphatic carbocycles. The molecule has 0 fully saturated rings. The fraction of sp³-hybridized carbons (Fsp3) is 0.873. The standard InChI is InChI=1S/C63H119NO5/c1-3-5-7-9-11-13-15-17-18-19-23-27-30-33-37-41-45-49-53-57-63(68)69-58-54-50-46-42-38-34-31-28-25-22-20-21-24-26-29-32-36-40-44-48-52-56-62(67)64-60(59-65)61(66)55-51-47-43-39-35-16-14-12-10-8-6-4-2/h17-18,34,38,46,50,60-61,65-66H,3-16,19-33,35-37,39-45,47-49,51-59H2,1-2H3,(H,64,67)/b18-17-,38-34-,50-46-. The Labute approximate surface area is 430 Å². The number of allylic oxidation sites excluding steroid dienone is 5. The molecule has 0 aromatic heterocycles. The average molecular weight is 971 g/mol. The van der Waals surface area contributed by atoms with Gasteiger partial charge in [0.2, 0.25) is 5.91 Å². The summed E-state index contributed by atoms with van der Waals surface area (Å²) in [5.41, 5.74) is 0. The summed E-state index contributed by atoms with van der Waals surface area (Å²) in [5.74, 6) is -0.0754. The van der Waals surface area contributed by atoms with E-state index < -0.39 is 12.1 Å². The molecule has 2 unspecified atom stereocenters. The Balaban J connectivity index is 3.43. The number of aliphatic hydroxyl groups is 2. The summed E-state index contributed by atoms with van der Waals surface area (Å²) in [7, 11) is 0. The van der Waals surface area contributed by atoms with Gasteiger partial charge in [-0.2, -0.15) is 0 Å². The summed E-state index contributed by atoms with van der Waals surface area (Å²) in [6.45, 7) is 4.85. The Kier molecular flexibility index (Phi) is 57.0. The number of ether oxygens (including phenoxy) is 1. The molecule has 0 aromatic rings. The van der Waals surface area contributed by atoms with Crippen molar-refractivity contribution in [2.24, 2.45) is 0 Å². The topological polar surface area (TPSA) is 95.9 Å². The second-order valence-corrected chi connectivity index (χ2v) is 21.0. The number of unbranched alkanes of at least 4 members (excludes halogenated alkanes) is 40. The van der Waals surface area contributed by atoms with E-state index in [0.29, 0.717) is 25.9 Å². The smallest absolute Gasteiger partial charge is 0.305 e. The molecule has 1 amide bonds. The largest absolute Gasteiger partial charge is 0.465 e. The van der Waals surface area contributed by atoms with Crippen LogP contribution >= 0.6 is 0 Å². The van der Waals surface area contributed by atoms with E-state index in [2.05, 4.69) is 55.6 Å². The number of hydrogen-bond acceptors (Lipinski definition) is 5. The number of carbonyl (C=O) groups is 2. The van der Waals surface area contributed by atoms with Crippen LogP contribution in [-0.4, -0.2) is 47.4 Å². The molecular weight excluding hydrogens is 851 g/mol. The maximum absolute atomic E-state index is 12.5. The Hall–Kier alpha value is -1.92. The highest BCUT2D eigenvalue weighted by Gasteiger charge is 2.20. The fourth-order valence-corrected chi connectivity index (χ4v) is 9.47. The molecule has 6 heteroatoms. The monoisotopic (exact) mass is 970 g/mol. The van der Waals surface area contributed by atoms with E-state index in [4.69, 9.17) is 4.74 Å². The summed E-state index contributed by atoms with van der Waals surface area (Å²) >= 11 is 0. The minimum absolute atomic E-state index is 0.0356. The van der Waals surface area contributed by atoms with Crippen LogP contribution in [0.2, 0.25) is 0 Å². The van der Waals surface area contributed by atoms with Gasteiger partial charge in [-0.05, 0) is 70.6 Å². The number of carbonyl (C=O) groups excluding carboxylic acids is 2. The van der Waals surface area contributed by atoms with Crippen molar-refractivity contribution in [2.45, 2.75) is 341 Å². The third kappa shape index (κ3) is 55.2. The van der Waals surface area contributed by atoms with Crippen LogP contribution in [0, 0.1) is 0 Å². The van der Waals surface area contributed by atoms with Crippen molar-refractivity contribution in [3.8, 4) is 0 Å². The lowest BCUT2D eigenvalue weighted by atomic mass is 10.0. The van der Waals surface area contributed by atoms with Gasteiger partial charge in [0.25, 0.3) is 0 Å². The highest BCUT2D eigenvalue weighted by molar-refractivity contribution is 5.76. The fourth-order valence-electron chi connectivity index (χ4n) is 9.47. The summed E-state index contributed by atoms with van der Waals surface area (Å²) in [6.07, 6.45) is 73.1. The number of esters is 1. The van der Waals surface area contributed by atoms with Crippen molar-refractivity contribution < 1.29 is 24.5 Å². The number of rotatable bonds is 57. The van der Waals surface area contributed by atoms with E-state index in [0.717, 1.165) is 51.4 Å². The van der Waals surface area contributed by atoms with E-state index >= 15 is 0 Å². The zero-order valence-electron chi connectivity index (χ0n) is 46.3. The van der Waals surface area contributed by atoms with Gasteiger partial charge in [0.15, 0.2) is 0 Å². The average Bonchev–Trinajstić information content (AvgIpc) is 3.35. The van der Waals surface area contributed by atoms with Crippen LogP contribution < -0.4 is 5.32 Å². The molecule has 0 bridgehead atoms. The third-order valence-electron chi connectivity index (χ3n) is 14.2. The van der Waals surface area contributed by atoms with Gasteiger partial charge >= 0.3 is 5.97 Å². The maximum atomic E-state index is 12.5. The van der Waals surface area contributed by atoms with Crippen LogP contribution in [0.15, 0.2) is 36.5 Å². The lowest BCUT2D eigenvalue weighted by molar-refractivity contribution is -0.143. The van der Waals surface area contributed by atoms with Crippen LogP contribution in [0.5, 0.6) is 0 Å². The Morgan fingerprint density at radius 1 is 0.406 bits per heavy atom. The van der Waals surface area contributed by atoms with Crippen LogP contribution in [0.3, 0.4) is 0 Å². The van der Waals surface area contributed by atoms with Crippen molar-refractivity contribution >= 4 is 11.9 Å². The first-order valence-corrected chi connectivity index (χ1v) is 30.7. The molecule has 0 aromatic carbocycles. The zero-order valence-corrected chi connectivity index (χ0v) is 46.3. The molecule has 0 spiro atoms. The third-order valence-corrected chi connectivity index (χ3v) is 14.2. The van der Waals surface area contributed by atoms with Crippen molar-refractivity contribution in [1.82, 2.24) is 5.32 Å². The number of nitrogens with one attached hydrogen (secondary N) is 1. The Bertz CT molecular complexity index is 1120. The van der Waals surface area contributed by atoms with E-state index in [1.807, 2.05) is 0 Å². The molecule has 0 aliphatic heterocycles. The first kappa shape index (κ1) is 67.1. The molecule has 406 valence electrons. The van der Waals surface area contributed by atoms with Crippen LogP contribution in [-0.2, 0) is 14.3 Å². The van der Waals surface area contributed by atoms with Gasteiger partial charge in [-0.3, -0.25) is 9.59 Å². The lowest BCUT2D eigenvalue weighted by Gasteiger charge is -2.22. The Morgan fingerprint density at radius 3 is 1.12 bits per heavy atom. The SMILES string of the molecule is CCCCCCCC/C=C\CCCCCCCCCCCC(=O)OCC/C=C\C/C=C\CCCCCCCCCCCCCCCCC(=O)NC(CO)C(O)CCCCCCCCCCCCCC. The summed E-state index contributed by atoms with van der Waals surface area (Å²) in [4.78, 5) is 24.5. The molecular formula is C63H119NO5. The molecule has 69 heavy (non-hydrogen) atoms. The zero-order chi connectivity index (χ0) is 50.0. The number of aliphatic hydroxyl groups excluding tert-OH is 2. The van der Waals surface area contributed by atoms with Gasteiger partial charge in [-0.15, -0.1) is 0 Å². The maximum Gasteiger partial charge on any atom is 0.305 e. The van der Waals surface area contributed by atoms with E-state index in [1.165, 1.54) is 244 Å². The van der Waals surface area contributed by atoms with Gasteiger partial charge in [0, 0.05) is 12.8 Å². The highest BCUT2D eigenvalue weighted by Crippen LogP contribution is 2.17. The van der Waals surface area contributed by atoms with Crippen LogP contribution in [0.25, 0.3) is 0 Å². The predicted molar refractivity (Wildman–Crippen MR) is 301 cm³/mol. The van der Waals surface area contributed by atoms with Crippen molar-refractivity contribution in [2.75, 3.05) is 13.2 Å². The molecule has 6 nitrogen and oxygen atoms in total. The van der Waals surface area contributed by atoms with Crippen LogP contribution in [0.4, 0.5) is 0 Å². The second kappa shape index (κ2) is 58.6. The van der Waals surface area contributed by atoms with Crippen molar-refractivity contribution in [3.63, 3.8) is 0 Å². The molecule has 0 aliphatic rings. The molecule has 2 atom stereocenters. The van der Waals surface area contributed by atoms with E-state index in [-0.39, 0.29) is 18.5 Å². The summed E-state index contributed by atoms with van der Waals surface area (Å²) in [5, 5.41) is 23.2. The van der Waals surface area contributed by atoms with Crippen LogP contribution in [0.1, 0.15) is 328 Å². The number of amides is 1. The molecule has 3 N–H and O–H groups in total. The van der Waals surface area contributed by atoms with E-state index in [9.17, 15) is 19.8 Å². The molecule has 0 saturated carbocycles. The van der Waals surface area contributed by atoms with Crippen molar-refractivity contribution in [3.05, 3.63) is 36.5 Å². The molecule has 0 heterocycles. The van der Waals surface area contributed by atoms with Crippen molar-refractivity contribution in [1.29, 1.82) is 0 Å². The number of hydrogen-bond donors (Lipinski definition) is 3. The minimum Gasteiger partial charge on any atom is -0.465 e. The van der Waals surface area contributed by atoms with Gasteiger partial charge in [-0.25, -0.2) is 0 Å². The van der Waals surface area contributed by atoms with Gasteiger partial charge in [0.1, 0.15) is 0 Å². The molecule has 0 rings (SSSR count). The van der Waals surface area contributed by atoms with Gasteiger partial charge in [0.05, 0.1) is 25.4 Å². The predicted octanol–water partition coefficient (Wildman–Crippen LogP) is 19.2. The van der Waals surface area contributed by atoms with Gasteiger partial charge < -0.3 is 20.3 Å². The highest BCUT2D eigenvalue weighted by atomic mass is 16.5. The first-order valence-electron chi connectivity index (χ1n) is 30.7. The second-order valence-electron chi connectivity index (χ2n) is 21.0. The molecule has 0 saturated heterocycles. The Morgan fingerprint density at radius 2 is 0.725 bits per heavy atom. The quantitative estimate of drug-likeness (QED) is 0.0321. The molecule has 0 radical (unpaired) electrons. The summed E-state index contributed by atoms with van der Waals surface area (Å²) in [6, 6.07) is -0.545. The first-order chi connectivity index (χ1) is 34.0. The lowest BCUT2D eigenvalue weighted by Crippen LogP contribution is -2.45. The summed E-state index contributed by atoms with van der Waals surface area (Å²) < 4.78 is 5.43. The minimum atomic E-state index is -0.667. The van der Waals surface area contributed by atoms with Gasteiger partial charge in [-0.1, -0.05) is 281 Å².